The molecule has 0 unspecified atom stereocenters. The van der Waals surface area contributed by atoms with Gasteiger partial charge in [0.05, 0.1) is 30.6 Å². The van der Waals surface area contributed by atoms with Crippen LogP contribution in [0.3, 0.4) is 0 Å². The Morgan fingerprint density at radius 2 is 1.76 bits per heavy atom. The number of esters is 1. The third-order valence-electron chi connectivity index (χ3n) is 4.65. The summed E-state index contributed by atoms with van der Waals surface area (Å²) in [6.07, 6.45) is 2.21. The van der Waals surface area contributed by atoms with Crippen molar-refractivity contribution in [1.82, 2.24) is 4.90 Å². The molecule has 29 heavy (non-hydrogen) atoms. The summed E-state index contributed by atoms with van der Waals surface area (Å²) in [6.45, 7) is 7.37. The highest BCUT2D eigenvalue weighted by Gasteiger charge is 2.12. The van der Waals surface area contributed by atoms with E-state index in [0.29, 0.717) is 22.5 Å². The van der Waals surface area contributed by atoms with Gasteiger partial charge in [-0.3, -0.25) is 9.69 Å². The van der Waals surface area contributed by atoms with Crippen LogP contribution in [0.2, 0.25) is 0 Å². The van der Waals surface area contributed by atoms with Crippen molar-refractivity contribution in [3.63, 3.8) is 0 Å². The first-order chi connectivity index (χ1) is 14.0. The van der Waals surface area contributed by atoms with Gasteiger partial charge < -0.3 is 15.8 Å². The van der Waals surface area contributed by atoms with E-state index >= 15 is 0 Å². The van der Waals surface area contributed by atoms with Gasteiger partial charge in [0.15, 0.2) is 5.78 Å². The predicted molar refractivity (Wildman–Crippen MR) is 117 cm³/mol. The first-order valence-corrected chi connectivity index (χ1v) is 10.0. The molecule has 0 atom stereocenters. The topological polar surface area (TPSA) is 84.7 Å². The van der Waals surface area contributed by atoms with Crippen LogP contribution in [0.25, 0.3) is 0 Å². The summed E-state index contributed by atoms with van der Waals surface area (Å²) in [7, 11) is 1.32. The van der Waals surface area contributed by atoms with Crippen LogP contribution in [0.1, 0.15) is 53.0 Å². The number of ether oxygens (including phenoxy) is 1. The number of carbonyl (C=O) groups is 2. The van der Waals surface area contributed by atoms with Gasteiger partial charge in [-0.1, -0.05) is 32.0 Å². The number of ketones is 1. The zero-order valence-electron chi connectivity index (χ0n) is 17.5. The fourth-order valence-corrected chi connectivity index (χ4v) is 3.24. The van der Waals surface area contributed by atoms with Gasteiger partial charge in [0, 0.05) is 12.1 Å². The molecule has 156 valence electrons. The van der Waals surface area contributed by atoms with E-state index in [1.807, 2.05) is 18.2 Å². The van der Waals surface area contributed by atoms with Crippen LogP contribution in [0.4, 0.5) is 11.4 Å². The first-order valence-electron chi connectivity index (χ1n) is 10.0. The number of anilines is 2. The van der Waals surface area contributed by atoms with Crippen LogP contribution in [0.5, 0.6) is 0 Å². The van der Waals surface area contributed by atoms with Crippen molar-refractivity contribution in [2.45, 2.75) is 33.2 Å². The van der Waals surface area contributed by atoms with Crippen molar-refractivity contribution in [3.8, 4) is 0 Å². The summed E-state index contributed by atoms with van der Waals surface area (Å²) in [6, 6.07) is 12.6. The van der Waals surface area contributed by atoms with Gasteiger partial charge in [-0.25, -0.2) is 4.79 Å². The van der Waals surface area contributed by atoms with Gasteiger partial charge in [-0.15, -0.1) is 0 Å². The lowest BCUT2D eigenvalue weighted by Gasteiger charge is -2.21. The summed E-state index contributed by atoms with van der Waals surface area (Å²) in [5.41, 5.74) is 9.13. The third kappa shape index (κ3) is 6.61. The minimum atomic E-state index is -0.448. The molecule has 2 aromatic carbocycles. The number of benzene rings is 2. The number of carbonyl (C=O) groups excluding carboxylic acids is 2. The van der Waals surface area contributed by atoms with E-state index in [1.165, 1.54) is 7.11 Å². The second-order valence-electron chi connectivity index (χ2n) is 7.05. The van der Waals surface area contributed by atoms with E-state index in [1.54, 1.807) is 18.2 Å². The van der Waals surface area contributed by atoms with Crippen molar-refractivity contribution < 1.29 is 14.3 Å². The van der Waals surface area contributed by atoms with Gasteiger partial charge >= 0.3 is 5.97 Å². The largest absolute Gasteiger partial charge is 0.465 e. The maximum absolute atomic E-state index is 12.7. The summed E-state index contributed by atoms with van der Waals surface area (Å²) in [4.78, 5) is 26.8. The maximum atomic E-state index is 12.7. The number of Topliss-reactive ketones (excluding diaryl/α,β-unsaturated/α-hetero) is 1. The molecule has 3 N–H and O–H groups in total. The molecule has 0 aliphatic rings. The SMILES string of the molecule is CCCN(CCC)Cc1cccc(C(=O)CNc2cc(C(=O)OC)ccc2N)c1. The summed E-state index contributed by atoms with van der Waals surface area (Å²) >= 11 is 0. The second kappa shape index (κ2) is 11.2. The van der Waals surface area contributed by atoms with Crippen molar-refractivity contribution in [2.24, 2.45) is 0 Å². The van der Waals surface area contributed by atoms with E-state index < -0.39 is 5.97 Å². The molecule has 0 heterocycles. The van der Waals surface area contributed by atoms with Crippen LogP contribution in [-0.2, 0) is 11.3 Å². The monoisotopic (exact) mass is 397 g/mol. The van der Waals surface area contributed by atoms with E-state index in [-0.39, 0.29) is 12.3 Å². The number of nitrogens with two attached hydrogens (primary N) is 1. The highest BCUT2D eigenvalue weighted by atomic mass is 16.5. The number of nitrogens with zero attached hydrogens (tertiary/aromatic N) is 1. The maximum Gasteiger partial charge on any atom is 0.337 e. The number of nitrogens with one attached hydrogen (secondary N) is 1. The number of hydrogen-bond donors (Lipinski definition) is 2. The van der Waals surface area contributed by atoms with Crippen molar-refractivity contribution in [1.29, 1.82) is 0 Å². The summed E-state index contributed by atoms with van der Waals surface area (Å²) in [5, 5.41) is 3.04. The molecule has 0 aliphatic carbocycles. The highest BCUT2D eigenvalue weighted by Crippen LogP contribution is 2.21. The zero-order valence-corrected chi connectivity index (χ0v) is 17.5. The quantitative estimate of drug-likeness (QED) is 0.339. The molecule has 6 nitrogen and oxygen atoms in total. The number of methoxy groups -OCH3 is 1. The van der Waals surface area contributed by atoms with Crippen LogP contribution in [-0.4, -0.2) is 43.4 Å². The van der Waals surface area contributed by atoms with Gasteiger partial charge in [0.1, 0.15) is 0 Å². The van der Waals surface area contributed by atoms with Crippen LogP contribution >= 0.6 is 0 Å². The van der Waals surface area contributed by atoms with Crippen molar-refractivity contribution in [3.05, 3.63) is 59.2 Å². The molecule has 0 amide bonds. The molecule has 0 aromatic heterocycles. The van der Waals surface area contributed by atoms with Gasteiger partial charge in [0.25, 0.3) is 0 Å². The summed E-state index contributed by atoms with van der Waals surface area (Å²) in [5.74, 6) is -0.483. The van der Waals surface area contributed by atoms with E-state index in [0.717, 1.165) is 38.0 Å². The normalized spacial score (nSPS) is 10.8. The van der Waals surface area contributed by atoms with Crippen LogP contribution < -0.4 is 11.1 Å². The van der Waals surface area contributed by atoms with Crippen LogP contribution in [0.15, 0.2) is 42.5 Å². The zero-order chi connectivity index (χ0) is 21.2. The van der Waals surface area contributed by atoms with Crippen LogP contribution in [0, 0.1) is 0 Å². The molecule has 0 fully saturated rings. The lowest BCUT2D eigenvalue weighted by Crippen LogP contribution is -2.25. The Morgan fingerprint density at radius 1 is 1.03 bits per heavy atom. The van der Waals surface area contributed by atoms with E-state index in [2.05, 4.69) is 30.1 Å². The summed E-state index contributed by atoms with van der Waals surface area (Å²) < 4.78 is 4.73. The smallest absolute Gasteiger partial charge is 0.337 e. The lowest BCUT2D eigenvalue weighted by atomic mass is 10.1. The molecule has 0 saturated heterocycles. The minimum Gasteiger partial charge on any atom is -0.465 e. The highest BCUT2D eigenvalue weighted by molar-refractivity contribution is 5.99. The van der Waals surface area contributed by atoms with Gasteiger partial charge in [-0.2, -0.15) is 0 Å². The molecular formula is C23H31N3O3. The Hall–Kier alpha value is -2.86. The molecule has 2 rings (SSSR count). The first kappa shape index (κ1) is 22.4. The average Bonchev–Trinajstić information content (AvgIpc) is 2.73. The molecule has 0 bridgehead atoms. The third-order valence-corrected chi connectivity index (χ3v) is 4.65. The molecular weight excluding hydrogens is 366 g/mol. The minimum absolute atomic E-state index is 0.0349. The molecule has 0 radical (unpaired) electrons. The van der Waals surface area contributed by atoms with Crippen molar-refractivity contribution in [2.75, 3.05) is 37.8 Å². The number of nitrogen functional groups attached to an aromatic ring is 1. The van der Waals surface area contributed by atoms with Gasteiger partial charge in [-0.05, 0) is 55.8 Å². The lowest BCUT2D eigenvalue weighted by molar-refractivity contribution is 0.0600. The Balaban J connectivity index is 2.05. The number of rotatable bonds is 11. The molecule has 0 saturated carbocycles. The predicted octanol–water partition coefficient (Wildman–Crippen LogP) is 3.97. The Kier molecular flexibility index (Phi) is 8.68. The molecule has 2 aromatic rings. The molecule has 0 spiro atoms. The fraction of sp³-hybridized carbons (Fsp3) is 0.391. The molecule has 0 aliphatic heterocycles. The second-order valence-corrected chi connectivity index (χ2v) is 7.05. The Bertz CT molecular complexity index is 830. The average molecular weight is 398 g/mol. The van der Waals surface area contributed by atoms with E-state index in [4.69, 9.17) is 10.5 Å². The van der Waals surface area contributed by atoms with E-state index in [9.17, 15) is 9.59 Å². The van der Waals surface area contributed by atoms with Crippen molar-refractivity contribution >= 4 is 23.1 Å². The Morgan fingerprint density at radius 3 is 2.41 bits per heavy atom. The number of hydrogen-bond acceptors (Lipinski definition) is 6. The van der Waals surface area contributed by atoms with Gasteiger partial charge in [0.2, 0.25) is 0 Å². The molecule has 6 heteroatoms. The standard InChI is InChI=1S/C23H31N3O3/c1-4-11-26(12-5-2)16-17-7-6-8-18(13-17)22(27)15-25-21-14-19(23(28)29-3)9-10-20(21)24/h6-10,13-14,25H,4-5,11-12,15-16,24H2,1-3H3. The Labute approximate surface area is 173 Å². The fourth-order valence-electron chi connectivity index (χ4n) is 3.24.